The third-order valence-electron chi connectivity index (χ3n) is 4.92. The van der Waals surface area contributed by atoms with E-state index in [-0.39, 0.29) is 6.04 Å². The third kappa shape index (κ3) is 2.53. The van der Waals surface area contributed by atoms with E-state index in [0.717, 1.165) is 42.1 Å². The van der Waals surface area contributed by atoms with Gasteiger partial charge in [0.25, 0.3) is 0 Å². The summed E-state index contributed by atoms with van der Waals surface area (Å²) >= 11 is 0. The predicted octanol–water partition coefficient (Wildman–Crippen LogP) is 3.43. The molecule has 25 heavy (non-hydrogen) atoms. The van der Waals surface area contributed by atoms with E-state index in [4.69, 9.17) is 4.98 Å². The monoisotopic (exact) mass is 329 g/mol. The molecular weight excluding hydrogens is 310 g/mol. The lowest BCUT2D eigenvalue weighted by Crippen LogP contribution is -2.36. The fourth-order valence-corrected chi connectivity index (χ4v) is 3.72. The van der Waals surface area contributed by atoms with Crippen LogP contribution in [0.3, 0.4) is 0 Å². The maximum Gasteiger partial charge on any atom is 0.130 e. The van der Waals surface area contributed by atoms with Crippen LogP contribution in [0.2, 0.25) is 0 Å². The van der Waals surface area contributed by atoms with Gasteiger partial charge in [0.1, 0.15) is 11.9 Å². The summed E-state index contributed by atoms with van der Waals surface area (Å²) < 4.78 is 0. The SMILES string of the molecule is c1ccc(CN2CCc3[nH]cnc3C2c2nc3ccccc3[nH]2)cc1. The fraction of sp³-hybridized carbons (Fsp3) is 0.200. The van der Waals surface area contributed by atoms with Crippen LogP contribution >= 0.6 is 0 Å². The Balaban J connectivity index is 1.58. The number of nitrogens with zero attached hydrogens (tertiary/aromatic N) is 3. The molecule has 0 spiro atoms. The zero-order chi connectivity index (χ0) is 16.6. The average Bonchev–Trinajstić information content (AvgIpc) is 3.28. The van der Waals surface area contributed by atoms with E-state index >= 15 is 0 Å². The maximum absolute atomic E-state index is 4.86. The van der Waals surface area contributed by atoms with E-state index < -0.39 is 0 Å². The van der Waals surface area contributed by atoms with Gasteiger partial charge in [-0.2, -0.15) is 0 Å². The summed E-state index contributed by atoms with van der Waals surface area (Å²) in [5.74, 6) is 0.963. The van der Waals surface area contributed by atoms with Gasteiger partial charge < -0.3 is 9.97 Å². The van der Waals surface area contributed by atoms with Gasteiger partial charge in [0, 0.05) is 25.2 Å². The number of para-hydroxylation sites is 2. The van der Waals surface area contributed by atoms with Crippen molar-refractivity contribution in [3.63, 3.8) is 0 Å². The Hall–Kier alpha value is -2.92. The first kappa shape index (κ1) is 14.4. The molecule has 0 saturated heterocycles. The molecule has 2 N–H and O–H groups in total. The second-order valence-corrected chi connectivity index (χ2v) is 6.51. The molecule has 3 heterocycles. The molecule has 0 aliphatic carbocycles. The van der Waals surface area contributed by atoms with Crippen molar-refractivity contribution >= 4 is 11.0 Å². The molecule has 0 radical (unpaired) electrons. The van der Waals surface area contributed by atoms with Crippen molar-refractivity contribution in [3.05, 3.63) is 83.7 Å². The minimum absolute atomic E-state index is 0.0441. The van der Waals surface area contributed by atoms with Crippen molar-refractivity contribution in [1.29, 1.82) is 0 Å². The Morgan fingerprint density at radius 2 is 1.88 bits per heavy atom. The maximum atomic E-state index is 4.86. The number of fused-ring (bicyclic) bond motifs is 2. The second-order valence-electron chi connectivity index (χ2n) is 6.51. The lowest BCUT2D eigenvalue weighted by Gasteiger charge is -2.33. The Morgan fingerprint density at radius 1 is 1.04 bits per heavy atom. The van der Waals surface area contributed by atoms with Gasteiger partial charge >= 0.3 is 0 Å². The molecule has 1 aliphatic heterocycles. The van der Waals surface area contributed by atoms with Crippen LogP contribution in [0, 0.1) is 0 Å². The molecule has 2 aromatic heterocycles. The number of benzene rings is 2. The van der Waals surface area contributed by atoms with Crippen molar-refractivity contribution in [2.24, 2.45) is 0 Å². The van der Waals surface area contributed by atoms with Gasteiger partial charge in [-0.15, -0.1) is 0 Å². The van der Waals surface area contributed by atoms with Crippen molar-refractivity contribution in [3.8, 4) is 0 Å². The number of hydrogen-bond acceptors (Lipinski definition) is 3. The quantitative estimate of drug-likeness (QED) is 0.605. The highest BCUT2D eigenvalue weighted by Crippen LogP contribution is 2.33. The molecule has 5 heteroatoms. The Labute approximate surface area is 145 Å². The van der Waals surface area contributed by atoms with Crippen LogP contribution in [0.5, 0.6) is 0 Å². The van der Waals surface area contributed by atoms with Crippen LogP contribution in [0.25, 0.3) is 11.0 Å². The number of imidazole rings is 2. The molecule has 0 amide bonds. The number of aromatic amines is 2. The van der Waals surface area contributed by atoms with Crippen LogP contribution in [-0.4, -0.2) is 31.4 Å². The molecule has 1 atom stereocenters. The Morgan fingerprint density at radius 3 is 2.76 bits per heavy atom. The zero-order valence-corrected chi connectivity index (χ0v) is 13.8. The van der Waals surface area contributed by atoms with E-state index in [1.165, 1.54) is 11.3 Å². The van der Waals surface area contributed by atoms with E-state index in [1.54, 1.807) is 6.33 Å². The number of aromatic nitrogens is 4. The third-order valence-corrected chi connectivity index (χ3v) is 4.92. The second kappa shape index (κ2) is 5.86. The topological polar surface area (TPSA) is 60.6 Å². The van der Waals surface area contributed by atoms with Gasteiger partial charge in [-0.25, -0.2) is 9.97 Å². The summed E-state index contributed by atoms with van der Waals surface area (Å²) in [4.78, 5) is 18.7. The molecule has 1 aliphatic rings. The molecule has 0 saturated carbocycles. The van der Waals surface area contributed by atoms with Crippen molar-refractivity contribution in [1.82, 2.24) is 24.8 Å². The van der Waals surface area contributed by atoms with Crippen LogP contribution in [0.1, 0.15) is 28.8 Å². The molecule has 1 unspecified atom stereocenters. The van der Waals surface area contributed by atoms with E-state index in [0.29, 0.717) is 0 Å². The lowest BCUT2D eigenvalue weighted by molar-refractivity contribution is 0.194. The molecule has 4 aromatic rings. The van der Waals surface area contributed by atoms with Gasteiger partial charge in [-0.3, -0.25) is 4.90 Å². The first-order valence-corrected chi connectivity index (χ1v) is 8.63. The minimum atomic E-state index is 0.0441. The number of H-pyrrole nitrogens is 2. The van der Waals surface area contributed by atoms with Crippen molar-refractivity contribution in [2.75, 3.05) is 6.54 Å². The number of hydrogen-bond donors (Lipinski definition) is 2. The van der Waals surface area contributed by atoms with Crippen molar-refractivity contribution < 1.29 is 0 Å². The van der Waals surface area contributed by atoms with Gasteiger partial charge in [0.05, 0.1) is 23.1 Å². The molecule has 2 aromatic carbocycles. The largest absolute Gasteiger partial charge is 0.348 e. The molecular formula is C20H19N5. The van der Waals surface area contributed by atoms with E-state index in [9.17, 15) is 0 Å². The normalized spacial score (nSPS) is 17.7. The zero-order valence-electron chi connectivity index (χ0n) is 13.8. The predicted molar refractivity (Wildman–Crippen MR) is 97.1 cm³/mol. The average molecular weight is 329 g/mol. The first-order valence-electron chi connectivity index (χ1n) is 8.63. The highest BCUT2D eigenvalue weighted by molar-refractivity contribution is 5.75. The van der Waals surface area contributed by atoms with E-state index in [1.807, 2.05) is 18.2 Å². The van der Waals surface area contributed by atoms with Gasteiger partial charge in [0.2, 0.25) is 0 Å². The summed E-state index contributed by atoms with van der Waals surface area (Å²) in [6, 6.07) is 18.8. The lowest BCUT2D eigenvalue weighted by atomic mass is 10.0. The molecule has 5 nitrogen and oxygen atoms in total. The van der Waals surface area contributed by atoms with Crippen LogP contribution in [0.4, 0.5) is 0 Å². The van der Waals surface area contributed by atoms with Crippen LogP contribution in [0.15, 0.2) is 60.9 Å². The number of nitrogens with one attached hydrogen (secondary N) is 2. The first-order chi connectivity index (χ1) is 12.4. The van der Waals surface area contributed by atoms with E-state index in [2.05, 4.69) is 56.3 Å². The van der Waals surface area contributed by atoms with Crippen LogP contribution < -0.4 is 0 Å². The van der Waals surface area contributed by atoms with Gasteiger partial charge in [0.15, 0.2) is 0 Å². The summed E-state index contributed by atoms with van der Waals surface area (Å²) in [5.41, 5.74) is 5.68. The summed E-state index contributed by atoms with van der Waals surface area (Å²) in [5, 5.41) is 0. The molecule has 0 bridgehead atoms. The van der Waals surface area contributed by atoms with Gasteiger partial charge in [-0.1, -0.05) is 42.5 Å². The Kier molecular flexibility index (Phi) is 3.38. The fourth-order valence-electron chi connectivity index (χ4n) is 3.72. The highest BCUT2D eigenvalue weighted by Gasteiger charge is 2.33. The summed E-state index contributed by atoms with van der Waals surface area (Å²) in [6.45, 7) is 1.86. The molecule has 124 valence electrons. The molecule has 5 rings (SSSR count). The number of rotatable bonds is 3. The molecule has 0 fully saturated rings. The minimum Gasteiger partial charge on any atom is -0.348 e. The smallest absolute Gasteiger partial charge is 0.130 e. The van der Waals surface area contributed by atoms with Crippen molar-refractivity contribution in [2.45, 2.75) is 19.0 Å². The highest BCUT2D eigenvalue weighted by atomic mass is 15.2. The van der Waals surface area contributed by atoms with Crippen LogP contribution in [-0.2, 0) is 13.0 Å². The summed E-state index contributed by atoms with van der Waals surface area (Å²) in [7, 11) is 0. The standard InChI is InChI=1S/C20H19N5/c1-2-6-14(7-3-1)12-25-11-10-17-18(22-13-21-17)19(25)20-23-15-8-4-5-9-16(15)24-20/h1-9,13,19H,10-12H2,(H,21,22)(H,23,24). The summed E-state index contributed by atoms with van der Waals surface area (Å²) in [6.07, 6.45) is 2.78. The van der Waals surface area contributed by atoms with Gasteiger partial charge in [-0.05, 0) is 17.7 Å². The Bertz CT molecular complexity index is 968.